The van der Waals surface area contributed by atoms with Gasteiger partial charge < -0.3 is 24.6 Å². The Labute approximate surface area is 338 Å². The van der Waals surface area contributed by atoms with E-state index in [4.69, 9.17) is 14.2 Å². The summed E-state index contributed by atoms with van der Waals surface area (Å²) in [5.74, 6) is -0.639. The standard InChI is InChI=1S/C46H86N2O7/c1-4-7-9-11-13-15-17-19-21-23-25-27-29-31-33-35-44(50)54-41-43(47-46(52)53-40-38-48(6-3)37-39-49)42-55-45(51)36-34-32-30-28-26-24-22-20-18-16-14-12-10-8-5-2/h19-22,43,49H,4-18,23-42H2,1-3H3,(H,47,52)/b21-19-,22-20-. The van der Waals surface area contributed by atoms with Crippen molar-refractivity contribution in [2.75, 3.05) is 46.1 Å². The van der Waals surface area contributed by atoms with E-state index in [1.54, 1.807) is 0 Å². The van der Waals surface area contributed by atoms with Crippen molar-refractivity contribution in [1.29, 1.82) is 0 Å². The molecule has 0 aromatic carbocycles. The largest absolute Gasteiger partial charge is 0.463 e. The number of hydrogen-bond donors (Lipinski definition) is 2. The molecule has 0 aliphatic rings. The first-order chi connectivity index (χ1) is 27.0. The minimum Gasteiger partial charge on any atom is -0.463 e. The van der Waals surface area contributed by atoms with Crippen molar-refractivity contribution < 1.29 is 33.7 Å². The van der Waals surface area contributed by atoms with Crippen LogP contribution in [0.5, 0.6) is 0 Å². The molecule has 0 atom stereocenters. The van der Waals surface area contributed by atoms with Crippen LogP contribution >= 0.6 is 0 Å². The number of unbranched alkanes of at least 4 members (excludes halogenated alkanes) is 22. The van der Waals surface area contributed by atoms with Crippen molar-refractivity contribution in [3.05, 3.63) is 24.3 Å². The minimum absolute atomic E-state index is 0.0346. The van der Waals surface area contributed by atoms with Crippen LogP contribution < -0.4 is 5.32 Å². The predicted molar refractivity (Wildman–Crippen MR) is 228 cm³/mol. The molecule has 0 unspecified atom stereocenters. The predicted octanol–water partition coefficient (Wildman–Crippen LogP) is 11.6. The van der Waals surface area contributed by atoms with Crippen molar-refractivity contribution in [2.45, 2.75) is 207 Å². The Morgan fingerprint density at radius 3 is 1.29 bits per heavy atom. The monoisotopic (exact) mass is 779 g/mol. The molecular weight excluding hydrogens is 693 g/mol. The highest BCUT2D eigenvalue weighted by Gasteiger charge is 2.18. The Morgan fingerprint density at radius 1 is 0.527 bits per heavy atom. The summed E-state index contributed by atoms with van der Waals surface area (Å²) in [5, 5.41) is 11.9. The summed E-state index contributed by atoms with van der Waals surface area (Å²) in [5.41, 5.74) is 0. The van der Waals surface area contributed by atoms with E-state index in [1.165, 1.54) is 103 Å². The van der Waals surface area contributed by atoms with Gasteiger partial charge in [-0.3, -0.25) is 14.5 Å². The first kappa shape index (κ1) is 52.6. The molecule has 0 saturated carbocycles. The van der Waals surface area contributed by atoms with E-state index < -0.39 is 12.1 Å². The van der Waals surface area contributed by atoms with Gasteiger partial charge in [-0.05, 0) is 70.8 Å². The molecule has 0 aliphatic heterocycles. The topological polar surface area (TPSA) is 114 Å². The Balaban J connectivity index is 4.32. The Morgan fingerprint density at radius 2 is 0.909 bits per heavy atom. The number of hydrogen-bond acceptors (Lipinski definition) is 8. The number of carbonyl (C=O) groups excluding carboxylic acids is 3. The molecule has 0 aliphatic carbocycles. The van der Waals surface area contributed by atoms with Crippen molar-refractivity contribution in [1.82, 2.24) is 10.2 Å². The fraction of sp³-hybridized carbons (Fsp3) is 0.848. The average Bonchev–Trinajstić information content (AvgIpc) is 3.18. The van der Waals surface area contributed by atoms with Gasteiger partial charge in [0.25, 0.3) is 0 Å². The zero-order chi connectivity index (χ0) is 40.3. The Bertz CT molecular complexity index is 870. The van der Waals surface area contributed by atoms with Crippen LogP contribution in [-0.2, 0) is 23.8 Å². The Kier molecular flexibility index (Phi) is 40.9. The third-order valence-corrected chi connectivity index (χ3v) is 10.0. The highest BCUT2D eigenvalue weighted by molar-refractivity contribution is 5.70. The smallest absolute Gasteiger partial charge is 0.407 e. The molecule has 1 amide bonds. The SMILES string of the molecule is CCCCCCCC/C=C\CCCCCCCC(=O)OCC(COC(=O)CCCCCCC/C=C\CCCCCCCC)NC(=O)OCCN(CC)CCO. The maximum absolute atomic E-state index is 12.5. The van der Waals surface area contributed by atoms with Crippen LogP contribution in [0.4, 0.5) is 4.79 Å². The number of carbonyl (C=O) groups is 3. The van der Waals surface area contributed by atoms with Gasteiger partial charge in [0.15, 0.2) is 0 Å². The van der Waals surface area contributed by atoms with E-state index in [-0.39, 0.29) is 38.4 Å². The lowest BCUT2D eigenvalue weighted by atomic mass is 10.1. The lowest BCUT2D eigenvalue weighted by Crippen LogP contribution is -2.43. The molecule has 9 nitrogen and oxygen atoms in total. The van der Waals surface area contributed by atoms with Gasteiger partial charge in [-0.25, -0.2) is 4.79 Å². The second kappa shape index (κ2) is 42.7. The molecule has 9 heteroatoms. The highest BCUT2D eigenvalue weighted by Crippen LogP contribution is 2.12. The number of nitrogens with one attached hydrogen (secondary N) is 1. The average molecular weight is 779 g/mol. The number of rotatable bonds is 41. The number of ether oxygens (including phenoxy) is 3. The first-order valence-electron chi connectivity index (χ1n) is 22.8. The van der Waals surface area contributed by atoms with Crippen LogP contribution in [0.3, 0.4) is 0 Å². The van der Waals surface area contributed by atoms with Crippen molar-refractivity contribution >= 4 is 18.0 Å². The molecule has 0 aromatic rings. The van der Waals surface area contributed by atoms with Gasteiger partial charge in [0.2, 0.25) is 0 Å². The van der Waals surface area contributed by atoms with Crippen LogP contribution in [-0.4, -0.2) is 80.1 Å². The lowest BCUT2D eigenvalue weighted by Gasteiger charge is -2.21. The maximum atomic E-state index is 12.5. The summed E-state index contributed by atoms with van der Waals surface area (Å²) in [6.07, 6.45) is 40.3. The van der Waals surface area contributed by atoms with Crippen molar-refractivity contribution in [3.8, 4) is 0 Å². The summed E-state index contributed by atoms with van der Waals surface area (Å²) in [6.45, 7) is 8.21. The second-order valence-electron chi connectivity index (χ2n) is 15.2. The molecule has 0 heterocycles. The summed E-state index contributed by atoms with van der Waals surface area (Å²) in [7, 11) is 0. The van der Waals surface area contributed by atoms with Gasteiger partial charge in [-0.15, -0.1) is 0 Å². The molecule has 0 fully saturated rings. The highest BCUT2D eigenvalue weighted by atomic mass is 16.6. The van der Waals surface area contributed by atoms with E-state index in [0.717, 1.165) is 70.8 Å². The third-order valence-electron chi connectivity index (χ3n) is 10.0. The molecule has 0 bridgehead atoms. The number of aliphatic hydroxyl groups excluding tert-OH is 1. The van der Waals surface area contributed by atoms with Crippen LogP contribution in [0.2, 0.25) is 0 Å². The number of alkyl carbamates (subject to hydrolysis) is 1. The zero-order valence-corrected chi connectivity index (χ0v) is 36.0. The van der Waals surface area contributed by atoms with Crippen molar-refractivity contribution in [3.63, 3.8) is 0 Å². The number of esters is 2. The van der Waals surface area contributed by atoms with E-state index in [9.17, 15) is 19.5 Å². The van der Waals surface area contributed by atoms with E-state index in [0.29, 0.717) is 25.9 Å². The van der Waals surface area contributed by atoms with Gasteiger partial charge in [-0.2, -0.15) is 0 Å². The minimum atomic E-state index is -0.705. The van der Waals surface area contributed by atoms with E-state index in [1.807, 2.05) is 11.8 Å². The van der Waals surface area contributed by atoms with Gasteiger partial charge >= 0.3 is 18.0 Å². The van der Waals surface area contributed by atoms with Gasteiger partial charge in [0.05, 0.1) is 6.61 Å². The number of nitrogens with zero attached hydrogens (tertiary/aromatic N) is 1. The fourth-order valence-corrected chi connectivity index (χ4v) is 6.39. The van der Waals surface area contributed by atoms with Gasteiger partial charge in [-0.1, -0.05) is 148 Å². The van der Waals surface area contributed by atoms with Crippen molar-refractivity contribution in [2.24, 2.45) is 0 Å². The fourth-order valence-electron chi connectivity index (χ4n) is 6.39. The second-order valence-corrected chi connectivity index (χ2v) is 15.2. The summed E-state index contributed by atoms with van der Waals surface area (Å²) in [6, 6.07) is -0.705. The molecular formula is C46H86N2O7. The quantitative estimate of drug-likeness (QED) is 0.0273. The zero-order valence-electron chi connectivity index (χ0n) is 36.0. The molecule has 0 radical (unpaired) electrons. The molecule has 0 saturated heterocycles. The molecule has 0 rings (SSSR count). The summed E-state index contributed by atoms with van der Waals surface area (Å²) < 4.78 is 16.3. The third kappa shape index (κ3) is 39.6. The lowest BCUT2D eigenvalue weighted by molar-refractivity contribution is -0.147. The maximum Gasteiger partial charge on any atom is 0.407 e. The van der Waals surface area contributed by atoms with E-state index in [2.05, 4.69) is 43.5 Å². The molecule has 0 aromatic heterocycles. The first-order valence-corrected chi connectivity index (χ1v) is 22.8. The van der Waals surface area contributed by atoms with Crippen LogP contribution in [0, 0.1) is 0 Å². The van der Waals surface area contributed by atoms with E-state index >= 15 is 0 Å². The number of aliphatic hydroxyl groups is 1. The summed E-state index contributed by atoms with van der Waals surface area (Å²) in [4.78, 5) is 39.5. The molecule has 322 valence electrons. The van der Waals surface area contributed by atoms with Crippen LogP contribution in [0.15, 0.2) is 24.3 Å². The van der Waals surface area contributed by atoms with Gasteiger partial charge in [0.1, 0.15) is 25.9 Å². The molecule has 0 spiro atoms. The van der Waals surface area contributed by atoms with Crippen LogP contribution in [0.1, 0.15) is 201 Å². The van der Waals surface area contributed by atoms with Crippen LogP contribution in [0.25, 0.3) is 0 Å². The summed E-state index contributed by atoms with van der Waals surface area (Å²) >= 11 is 0. The Hall–Kier alpha value is -2.39. The normalized spacial score (nSPS) is 11.7. The molecule has 2 N–H and O–H groups in total. The molecule has 55 heavy (non-hydrogen) atoms. The number of likely N-dealkylation sites (N-methyl/N-ethyl adjacent to an activating group) is 1. The number of allylic oxidation sites excluding steroid dienone is 4. The van der Waals surface area contributed by atoms with Gasteiger partial charge in [0, 0.05) is 25.9 Å². The number of amides is 1.